The summed E-state index contributed by atoms with van der Waals surface area (Å²) in [6.07, 6.45) is 1.70. The molecule has 4 heteroatoms. The lowest BCUT2D eigenvalue weighted by Gasteiger charge is -2.27. The van der Waals surface area contributed by atoms with Crippen LogP contribution in [0.3, 0.4) is 0 Å². The van der Waals surface area contributed by atoms with E-state index in [1.54, 1.807) is 12.3 Å². The maximum Gasteiger partial charge on any atom is 0.140 e. The smallest absolute Gasteiger partial charge is 0.140 e. The Morgan fingerprint density at radius 1 is 1.26 bits per heavy atom. The van der Waals surface area contributed by atoms with E-state index in [1.807, 2.05) is 43.4 Å². The minimum Gasteiger partial charge on any atom is -0.367 e. The molecule has 1 heterocycles. The third-order valence-electron chi connectivity index (χ3n) is 3.21. The number of benzene rings is 1. The van der Waals surface area contributed by atoms with Gasteiger partial charge < -0.3 is 4.90 Å². The summed E-state index contributed by atoms with van der Waals surface area (Å²) in [4.78, 5) is 6.16. The van der Waals surface area contributed by atoms with Gasteiger partial charge in [-0.2, -0.15) is 5.26 Å². The molecule has 0 saturated carbocycles. The van der Waals surface area contributed by atoms with E-state index in [0.29, 0.717) is 5.69 Å². The van der Waals surface area contributed by atoms with Crippen LogP contribution in [0.1, 0.15) is 24.2 Å². The fourth-order valence-corrected chi connectivity index (χ4v) is 2.20. The van der Waals surface area contributed by atoms with Gasteiger partial charge in [0.05, 0.1) is 17.9 Å². The van der Waals surface area contributed by atoms with E-state index < -0.39 is 0 Å². The molecule has 1 atom stereocenters. The van der Waals surface area contributed by atoms with Crippen LogP contribution in [0.5, 0.6) is 0 Å². The lowest BCUT2D eigenvalue weighted by Crippen LogP contribution is -2.22. The first-order chi connectivity index (χ1) is 9.13. The van der Waals surface area contributed by atoms with Crippen molar-refractivity contribution in [3.63, 3.8) is 0 Å². The third-order valence-corrected chi connectivity index (χ3v) is 3.55. The quantitative estimate of drug-likeness (QED) is 0.852. The van der Waals surface area contributed by atoms with Crippen LogP contribution >= 0.6 is 11.6 Å². The lowest BCUT2D eigenvalue weighted by atomic mass is 10.1. The van der Waals surface area contributed by atoms with Crippen molar-refractivity contribution >= 4 is 17.3 Å². The van der Waals surface area contributed by atoms with E-state index in [9.17, 15) is 0 Å². The highest BCUT2D eigenvalue weighted by atomic mass is 35.5. The first kappa shape index (κ1) is 13.4. The molecule has 96 valence electrons. The summed E-state index contributed by atoms with van der Waals surface area (Å²) in [5.74, 6) is 0. The largest absolute Gasteiger partial charge is 0.367 e. The summed E-state index contributed by atoms with van der Waals surface area (Å²) in [7, 11) is 1.98. The molecule has 3 nitrogen and oxygen atoms in total. The molecule has 0 spiro atoms. The number of halogens is 1. The molecule has 0 aliphatic rings. The molecule has 19 heavy (non-hydrogen) atoms. The molecule has 0 fully saturated rings. The highest BCUT2D eigenvalue weighted by molar-refractivity contribution is 6.31. The van der Waals surface area contributed by atoms with Gasteiger partial charge in [0.25, 0.3) is 0 Å². The van der Waals surface area contributed by atoms with Crippen molar-refractivity contribution in [1.82, 2.24) is 4.98 Å². The van der Waals surface area contributed by atoms with Crippen molar-refractivity contribution in [1.29, 1.82) is 5.26 Å². The zero-order valence-corrected chi connectivity index (χ0v) is 11.6. The summed E-state index contributed by atoms with van der Waals surface area (Å²) in [6, 6.07) is 13.5. The number of nitrogens with zero attached hydrogens (tertiary/aromatic N) is 3. The molecular weight excluding hydrogens is 258 g/mol. The first-order valence-corrected chi connectivity index (χ1v) is 6.34. The zero-order valence-electron chi connectivity index (χ0n) is 10.8. The van der Waals surface area contributed by atoms with Crippen LogP contribution in [0.2, 0.25) is 5.02 Å². The molecule has 2 aromatic rings. The second-order valence-electron chi connectivity index (χ2n) is 4.32. The summed E-state index contributed by atoms with van der Waals surface area (Å²) in [5.41, 5.74) is 2.44. The normalized spacial score (nSPS) is 11.7. The van der Waals surface area contributed by atoms with Gasteiger partial charge in [0.2, 0.25) is 0 Å². The monoisotopic (exact) mass is 271 g/mol. The summed E-state index contributed by atoms with van der Waals surface area (Å²) < 4.78 is 0. The van der Waals surface area contributed by atoms with E-state index in [-0.39, 0.29) is 6.04 Å². The van der Waals surface area contributed by atoms with Crippen molar-refractivity contribution in [2.75, 3.05) is 11.9 Å². The number of hydrogen-bond donors (Lipinski definition) is 0. The molecular formula is C15H14ClN3. The van der Waals surface area contributed by atoms with Crippen molar-refractivity contribution in [2.45, 2.75) is 13.0 Å². The average Bonchev–Trinajstić information content (AvgIpc) is 2.46. The van der Waals surface area contributed by atoms with Crippen LogP contribution < -0.4 is 4.90 Å². The molecule has 0 saturated heterocycles. The molecule has 0 aliphatic carbocycles. The van der Waals surface area contributed by atoms with Gasteiger partial charge in [0.1, 0.15) is 11.8 Å². The maximum atomic E-state index is 8.75. The van der Waals surface area contributed by atoms with E-state index in [0.717, 1.165) is 16.3 Å². The van der Waals surface area contributed by atoms with Gasteiger partial charge in [-0.05, 0) is 30.7 Å². The second kappa shape index (κ2) is 5.73. The fourth-order valence-electron chi connectivity index (χ4n) is 1.91. The van der Waals surface area contributed by atoms with Crippen LogP contribution in [-0.4, -0.2) is 12.0 Å². The number of hydrogen-bond acceptors (Lipinski definition) is 3. The topological polar surface area (TPSA) is 39.9 Å². The van der Waals surface area contributed by atoms with Gasteiger partial charge in [-0.1, -0.05) is 29.8 Å². The molecule has 0 bridgehead atoms. The molecule has 0 aliphatic heterocycles. The lowest BCUT2D eigenvalue weighted by molar-refractivity contribution is 0.738. The van der Waals surface area contributed by atoms with E-state index in [1.165, 1.54) is 0 Å². The minimum absolute atomic E-state index is 0.128. The number of pyridine rings is 1. The van der Waals surface area contributed by atoms with Gasteiger partial charge in [0.15, 0.2) is 0 Å². The summed E-state index contributed by atoms with van der Waals surface area (Å²) in [6.45, 7) is 2.08. The van der Waals surface area contributed by atoms with Crippen molar-refractivity contribution in [3.8, 4) is 6.07 Å². The number of rotatable bonds is 3. The maximum absolute atomic E-state index is 8.75. The van der Waals surface area contributed by atoms with Gasteiger partial charge in [-0.15, -0.1) is 0 Å². The highest BCUT2D eigenvalue weighted by Crippen LogP contribution is 2.29. The average molecular weight is 272 g/mol. The molecule has 1 aromatic heterocycles. The fraction of sp³-hybridized carbons (Fsp3) is 0.200. The summed E-state index contributed by atoms with van der Waals surface area (Å²) >= 11 is 6.21. The van der Waals surface area contributed by atoms with Gasteiger partial charge in [-0.3, -0.25) is 0 Å². The number of nitriles is 1. The predicted octanol–water partition coefficient (Wildman–Crippen LogP) is 3.80. The van der Waals surface area contributed by atoms with E-state index >= 15 is 0 Å². The zero-order chi connectivity index (χ0) is 13.8. The number of anilines is 1. The Balaban J connectivity index is 2.26. The third kappa shape index (κ3) is 2.86. The Kier molecular flexibility index (Phi) is 4.03. The Labute approximate surface area is 118 Å². The summed E-state index contributed by atoms with van der Waals surface area (Å²) in [5, 5.41) is 9.50. The Morgan fingerprint density at radius 2 is 2.00 bits per heavy atom. The van der Waals surface area contributed by atoms with Crippen molar-refractivity contribution in [2.24, 2.45) is 0 Å². The standard InChI is InChI=1S/C15H14ClN3/c1-11(14-5-3-4-6-15(14)16)19(2)13-8-7-12(9-17)18-10-13/h3-8,10-11H,1-2H3. The van der Waals surface area contributed by atoms with Crippen molar-refractivity contribution < 1.29 is 0 Å². The molecule has 0 N–H and O–H groups in total. The number of aromatic nitrogens is 1. The van der Waals surface area contributed by atoms with Crippen LogP contribution in [0.4, 0.5) is 5.69 Å². The minimum atomic E-state index is 0.128. The Hall–Kier alpha value is -2.05. The van der Waals surface area contributed by atoms with Gasteiger partial charge >= 0.3 is 0 Å². The predicted molar refractivity (Wildman–Crippen MR) is 77.2 cm³/mol. The Morgan fingerprint density at radius 3 is 2.58 bits per heavy atom. The highest BCUT2D eigenvalue weighted by Gasteiger charge is 2.15. The van der Waals surface area contributed by atoms with Crippen LogP contribution in [0, 0.1) is 11.3 Å². The SMILES string of the molecule is CC(c1ccccc1Cl)N(C)c1ccc(C#N)nc1. The molecule has 1 unspecified atom stereocenters. The van der Waals surface area contributed by atoms with E-state index in [2.05, 4.69) is 16.8 Å². The second-order valence-corrected chi connectivity index (χ2v) is 4.73. The van der Waals surface area contributed by atoms with Crippen LogP contribution in [0.25, 0.3) is 0 Å². The van der Waals surface area contributed by atoms with Crippen LogP contribution in [-0.2, 0) is 0 Å². The van der Waals surface area contributed by atoms with Crippen molar-refractivity contribution in [3.05, 3.63) is 58.9 Å². The Bertz CT molecular complexity index is 602. The molecule has 1 aromatic carbocycles. The first-order valence-electron chi connectivity index (χ1n) is 5.97. The van der Waals surface area contributed by atoms with Gasteiger partial charge in [-0.25, -0.2) is 4.98 Å². The molecule has 0 radical (unpaired) electrons. The van der Waals surface area contributed by atoms with Crippen LogP contribution in [0.15, 0.2) is 42.6 Å². The van der Waals surface area contributed by atoms with E-state index in [4.69, 9.17) is 16.9 Å². The molecule has 0 amide bonds. The van der Waals surface area contributed by atoms with Gasteiger partial charge in [0, 0.05) is 12.1 Å². The molecule has 2 rings (SSSR count).